The molecule has 1 aliphatic heterocycles. The van der Waals surface area contributed by atoms with Gasteiger partial charge in [-0.3, -0.25) is 14.1 Å². The molecule has 170 valence electrons. The molecule has 3 aliphatic rings. The minimum atomic E-state index is -6.01. The molecule has 1 N–H and O–H groups in total. The molecule has 0 aromatic carbocycles. The average Bonchev–Trinajstić information content (AvgIpc) is 3.16. The highest BCUT2D eigenvalue weighted by Crippen LogP contribution is 2.55. The molecule has 0 amide bonds. The van der Waals surface area contributed by atoms with Crippen LogP contribution < -0.4 is 0 Å². The van der Waals surface area contributed by atoms with Crippen LogP contribution in [0.15, 0.2) is 0 Å². The van der Waals surface area contributed by atoms with Crippen LogP contribution in [0.4, 0.5) is 8.78 Å². The standard InChI is InChI=1S/C18H24F2O9S/c1-16(2,7-17(3,4)29-15(23)18(19,20)30(24,25)26)14(22)28-11-8-5-9-10(6-8)13(21)27-12(9)11/h8-12H,5-7H2,1-4H3,(H,24,25,26). The summed E-state index contributed by atoms with van der Waals surface area (Å²) in [5.74, 6) is -3.52. The van der Waals surface area contributed by atoms with Gasteiger partial charge in [0.15, 0.2) is 0 Å². The van der Waals surface area contributed by atoms with Gasteiger partial charge < -0.3 is 14.2 Å². The van der Waals surface area contributed by atoms with Crippen molar-refractivity contribution in [3.63, 3.8) is 0 Å². The van der Waals surface area contributed by atoms with Crippen molar-refractivity contribution in [2.24, 2.45) is 23.2 Å². The van der Waals surface area contributed by atoms with Crippen molar-refractivity contribution in [2.45, 2.75) is 70.0 Å². The van der Waals surface area contributed by atoms with Gasteiger partial charge in [0, 0.05) is 18.3 Å². The number of halogens is 2. The predicted octanol–water partition coefficient (Wildman–Crippen LogP) is 1.70. The molecule has 5 unspecified atom stereocenters. The normalized spacial score (nSPS) is 30.9. The molecule has 30 heavy (non-hydrogen) atoms. The minimum absolute atomic E-state index is 0.00971. The molecule has 2 aliphatic carbocycles. The summed E-state index contributed by atoms with van der Waals surface area (Å²) in [6.45, 7) is 5.37. The molecule has 0 aromatic heterocycles. The van der Waals surface area contributed by atoms with Crippen LogP contribution in [0.2, 0.25) is 0 Å². The smallest absolute Gasteiger partial charge is 0.458 e. The van der Waals surface area contributed by atoms with E-state index in [0.29, 0.717) is 6.42 Å². The first-order chi connectivity index (χ1) is 13.5. The van der Waals surface area contributed by atoms with Crippen molar-refractivity contribution in [1.29, 1.82) is 0 Å². The number of fused-ring (bicyclic) bond motifs is 1. The summed E-state index contributed by atoms with van der Waals surface area (Å²) in [4.78, 5) is 36.2. The lowest BCUT2D eigenvalue weighted by molar-refractivity contribution is -0.184. The topological polar surface area (TPSA) is 133 Å². The highest BCUT2D eigenvalue weighted by molar-refractivity contribution is 7.87. The van der Waals surface area contributed by atoms with E-state index in [0.717, 1.165) is 6.42 Å². The third kappa shape index (κ3) is 3.79. The fourth-order valence-corrected chi connectivity index (χ4v) is 5.19. The van der Waals surface area contributed by atoms with Crippen LogP contribution in [0.3, 0.4) is 0 Å². The highest BCUT2D eigenvalue weighted by Gasteiger charge is 2.63. The van der Waals surface area contributed by atoms with E-state index >= 15 is 0 Å². The second-order valence-electron chi connectivity index (χ2n) is 9.47. The minimum Gasteiger partial charge on any atom is -0.458 e. The molecule has 12 heteroatoms. The summed E-state index contributed by atoms with van der Waals surface area (Å²) in [6.07, 6.45) is -0.0289. The molecule has 2 bridgehead atoms. The van der Waals surface area contributed by atoms with E-state index in [1.165, 1.54) is 27.7 Å². The molecule has 0 aromatic rings. The molecule has 1 heterocycles. The van der Waals surface area contributed by atoms with Crippen LogP contribution in [0.5, 0.6) is 0 Å². The summed E-state index contributed by atoms with van der Waals surface area (Å²) < 4.78 is 72.4. The molecule has 3 fully saturated rings. The molecule has 0 spiro atoms. The first-order valence-electron chi connectivity index (χ1n) is 9.46. The Hall–Kier alpha value is -1.82. The largest absolute Gasteiger partial charge is 0.465 e. The highest BCUT2D eigenvalue weighted by atomic mass is 32.2. The number of carbonyl (C=O) groups excluding carboxylic acids is 3. The monoisotopic (exact) mass is 454 g/mol. The van der Waals surface area contributed by atoms with Crippen LogP contribution >= 0.6 is 0 Å². The Bertz CT molecular complexity index is 880. The molecule has 0 radical (unpaired) electrons. The van der Waals surface area contributed by atoms with Gasteiger partial charge in [-0.05, 0) is 40.5 Å². The molecule has 2 saturated carbocycles. The maximum atomic E-state index is 13.5. The van der Waals surface area contributed by atoms with Gasteiger partial charge in [-0.25, -0.2) is 4.79 Å². The van der Waals surface area contributed by atoms with Crippen molar-refractivity contribution in [2.75, 3.05) is 0 Å². The molecule has 5 atom stereocenters. The van der Waals surface area contributed by atoms with Gasteiger partial charge in [0.1, 0.15) is 17.8 Å². The summed E-state index contributed by atoms with van der Waals surface area (Å²) in [5, 5.41) is -5.14. The summed E-state index contributed by atoms with van der Waals surface area (Å²) in [7, 11) is -6.01. The number of rotatable bonds is 7. The Labute approximate surface area is 172 Å². The third-order valence-corrected chi connectivity index (χ3v) is 6.82. The maximum Gasteiger partial charge on any atom is 0.465 e. The van der Waals surface area contributed by atoms with E-state index < -0.39 is 50.5 Å². The van der Waals surface area contributed by atoms with Gasteiger partial charge in [-0.1, -0.05) is 0 Å². The van der Waals surface area contributed by atoms with Crippen molar-refractivity contribution < 1.29 is 50.3 Å². The van der Waals surface area contributed by atoms with E-state index in [1.54, 1.807) is 0 Å². The van der Waals surface area contributed by atoms with Crippen molar-refractivity contribution in [1.82, 2.24) is 0 Å². The van der Waals surface area contributed by atoms with Crippen molar-refractivity contribution in [3.05, 3.63) is 0 Å². The van der Waals surface area contributed by atoms with Crippen LogP contribution in [-0.4, -0.2) is 53.9 Å². The average molecular weight is 454 g/mol. The molecule has 3 rings (SSSR count). The predicted molar refractivity (Wildman–Crippen MR) is 94.5 cm³/mol. The SMILES string of the molecule is CC(C)(CC(C)(C)C(=O)OC1C2CC3C(=O)OC1C3C2)OC(=O)C(F)(F)S(=O)(=O)O. The number of hydrogen-bond donors (Lipinski definition) is 1. The van der Waals surface area contributed by atoms with Gasteiger partial charge in [0.2, 0.25) is 0 Å². The second-order valence-corrected chi connectivity index (χ2v) is 10.9. The van der Waals surface area contributed by atoms with Crippen molar-refractivity contribution >= 4 is 28.0 Å². The molecule has 1 saturated heterocycles. The van der Waals surface area contributed by atoms with Crippen LogP contribution in [0.1, 0.15) is 47.0 Å². The zero-order valence-electron chi connectivity index (χ0n) is 16.9. The van der Waals surface area contributed by atoms with Gasteiger partial charge in [-0.15, -0.1) is 0 Å². The quantitative estimate of drug-likeness (QED) is 0.347. The van der Waals surface area contributed by atoms with Gasteiger partial charge in [0.25, 0.3) is 0 Å². The van der Waals surface area contributed by atoms with Crippen LogP contribution in [-0.2, 0) is 38.7 Å². The molecular weight excluding hydrogens is 430 g/mol. The van der Waals surface area contributed by atoms with E-state index in [-0.39, 0.29) is 30.1 Å². The van der Waals surface area contributed by atoms with Crippen LogP contribution in [0, 0.1) is 23.2 Å². The van der Waals surface area contributed by atoms with E-state index in [1.807, 2.05) is 0 Å². The van der Waals surface area contributed by atoms with E-state index in [2.05, 4.69) is 4.74 Å². The lowest BCUT2D eigenvalue weighted by atomic mass is 9.81. The van der Waals surface area contributed by atoms with Crippen molar-refractivity contribution in [3.8, 4) is 0 Å². The Kier molecular flexibility index (Phi) is 5.21. The number of esters is 3. The number of hydrogen-bond acceptors (Lipinski definition) is 8. The Morgan fingerprint density at radius 3 is 2.33 bits per heavy atom. The fourth-order valence-electron chi connectivity index (χ4n) is 4.94. The zero-order valence-corrected chi connectivity index (χ0v) is 17.7. The fraction of sp³-hybridized carbons (Fsp3) is 0.833. The summed E-state index contributed by atoms with van der Waals surface area (Å²) >= 11 is 0. The number of carbonyl (C=O) groups is 3. The lowest BCUT2D eigenvalue weighted by Gasteiger charge is -2.35. The van der Waals surface area contributed by atoms with E-state index in [9.17, 15) is 31.6 Å². The Morgan fingerprint density at radius 2 is 1.77 bits per heavy atom. The Morgan fingerprint density at radius 1 is 1.17 bits per heavy atom. The van der Waals surface area contributed by atoms with Gasteiger partial charge >= 0.3 is 33.3 Å². The first kappa shape index (κ1) is 22.9. The van der Waals surface area contributed by atoms with Gasteiger partial charge in [0.05, 0.1) is 11.3 Å². The molecular formula is C18H24F2O9S. The Balaban J connectivity index is 1.64. The van der Waals surface area contributed by atoms with E-state index in [4.69, 9.17) is 14.0 Å². The summed E-state index contributed by atoms with van der Waals surface area (Å²) in [5.41, 5.74) is -2.99. The molecule has 9 nitrogen and oxygen atoms in total. The van der Waals surface area contributed by atoms with Gasteiger partial charge in [-0.2, -0.15) is 17.2 Å². The maximum absolute atomic E-state index is 13.5. The number of alkyl halides is 2. The lowest BCUT2D eigenvalue weighted by Crippen LogP contribution is -2.46. The van der Waals surface area contributed by atoms with Crippen LogP contribution in [0.25, 0.3) is 0 Å². The summed E-state index contributed by atoms with van der Waals surface area (Å²) in [6, 6.07) is 0. The first-order valence-corrected chi connectivity index (χ1v) is 10.9. The number of ether oxygens (including phenoxy) is 3. The third-order valence-electron chi connectivity index (χ3n) is 6.01. The second kappa shape index (κ2) is 6.84. The zero-order chi connectivity index (χ0) is 22.9.